The third-order valence-electron chi connectivity index (χ3n) is 2.75. The summed E-state index contributed by atoms with van der Waals surface area (Å²) >= 11 is 0. The van der Waals surface area contributed by atoms with Gasteiger partial charge in [-0.25, -0.2) is 8.78 Å². The molecule has 0 bridgehead atoms. The largest absolute Gasteiger partial charge is 0.305 e. The van der Waals surface area contributed by atoms with E-state index in [1.54, 1.807) is 6.20 Å². The lowest BCUT2D eigenvalue weighted by molar-refractivity contribution is 0.527. The lowest BCUT2D eigenvalue weighted by Crippen LogP contribution is -2.19. The fourth-order valence-corrected chi connectivity index (χ4v) is 1.66. The maximum absolute atomic E-state index is 13.4. The normalized spacial score (nSPS) is 12.4. The summed E-state index contributed by atoms with van der Waals surface area (Å²) in [6, 6.07) is 9.25. The van der Waals surface area contributed by atoms with E-state index in [0.29, 0.717) is 12.1 Å². The van der Waals surface area contributed by atoms with E-state index in [1.807, 2.05) is 25.1 Å². The second-order valence-corrected chi connectivity index (χ2v) is 4.09. The zero-order valence-electron chi connectivity index (χ0n) is 10.0. The summed E-state index contributed by atoms with van der Waals surface area (Å²) in [5.41, 5.74) is 1.33. The highest BCUT2D eigenvalue weighted by Gasteiger charge is 2.08. The molecule has 0 saturated carbocycles. The smallest absolute Gasteiger partial charge is 0.130 e. The molecule has 0 spiro atoms. The molecule has 1 N–H and O–H groups in total. The van der Waals surface area contributed by atoms with E-state index in [1.165, 1.54) is 12.1 Å². The van der Waals surface area contributed by atoms with Gasteiger partial charge in [0.25, 0.3) is 0 Å². The van der Waals surface area contributed by atoms with Gasteiger partial charge in [-0.05, 0) is 25.1 Å². The van der Waals surface area contributed by atoms with Gasteiger partial charge in [-0.1, -0.05) is 12.1 Å². The standard InChI is InChI=1S/C14H14F2N2/c1-10(14-4-2-3-7-17-14)18-9-11-5-6-12(15)8-13(11)16/h2-8,10,18H,9H2,1H3/t10-/m0/s1. The molecule has 0 amide bonds. The van der Waals surface area contributed by atoms with Gasteiger partial charge in [-0.15, -0.1) is 0 Å². The van der Waals surface area contributed by atoms with E-state index in [0.717, 1.165) is 11.8 Å². The van der Waals surface area contributed by atoms with Crippen LogP contribution in [-0.2, 0) is 6.54 Å². The zero-order chi connectivity index (χ0) is 13.0. The third-order valence-corrected chi connectivity index (χ3v) is 2.75. The third kappa shape index (κ3) is 3.11. The molecule has 0 unspecified atom stereocenters. The quantitative estimate of drug-likeness (QED) is 0.898. The van der Waals surface area contributed by atoms with Crippen LogP contribution >= 0.6 is 0 Å². The number of aromatic nitrogens is 1. The predicted octanol–water partition coefficient (Wildman–Crippen LogP) is 3.21. The molecule has 0 aliphatic heterocycles. The first kappa shape index (κ1) is 12.6. The SMILES string of the molecule is C[C@H](NCc1ccc(F)cc1F)c1ccccn1. The van der Waals surface area contributed by atoms with Crippen LogP contribution in [0.1, 0.15) is 24.2 Å². The Labute approximate surface area is 105 Å². The molecule has 0 saturated heterocycles. The number of nitrogens with zero attached hydrogens (tertiary/aromatic N) is 1. The Kier molecular flexibility index (Phi) is 3.99. The Hall–Kier alpha value is -1.81. The molecule has 1 aromatic heterocycles. The molecular formula is C14H14F2N2. The summed E-state index contributed by atoms with van der Waals surface area (Å²) in [6.45, 7) is 2.29. The minimum absolute atomic E-state index is 0.00986. The molecule has 94 valence electrons. The topological polar surface area (TPSA) is 24.9 Å². The van der Waals surface area contributed by atoms with Gasteiger partial charge < -0.3 is 5.32 Å². The summed E-state index contributed by atoms with van der Waals surface area (Å²) in [5.74, 6) is -1.09. The first-order chi connectivity index (χ1) is 8.66. The van der Waals surface area contributed by atoms with Gasteiger partial charge in [0.15, 0.2) is 0 Å². The van der Waals surface area contributed by atoms with Gasteiger partial charge in [0.1, 0.15) is 11.6 Å². The Morgan fingerprint density at radius 2 is 2.06 bits per heavy atom. The zero-order valence-corrected chi connectivity index (χ0v) is 10.0. The van der Waals surface area contributed by atoms with Crippen molar-refractivity contribution in [3.05, 3.63) is 65.5 Å². The van der Waals surface area contributed by atoms with Crippen molar-refractivity contribution in [1.82, 2.24) is 10.3 Å². The molecule has 2 aromatic rings. The number of rotatable bonds is 4. The molecule has 0 aliphatic rings. The molecule has 0 radical (unpaired) electrons. The Balaban J connectivity index is 1.99. The van der Waals surface area contributed by atoms with Crippen molar-refractivity contribution in [2.24, 2.45) is 0 Å². The van der Waals surface area contributed by atoms with Gasteiger partial charge in [-0.3, -0.25) is 4.98 Å². The predicted molar refractivity (Wildman–Crippen MR) is 65.8 cm³/mol. The maximum atomic E-state index is 13.4. The van der Waals surface area contributed by atoms with E-state index in [4.69, 9.17) is 0 Å². The second-order valence-electron chi connectivity index (χ2n) is 4.09. The van der Waals surface area contributed by atoms with Crippen molar-refractivity contribution in [3.63, 3.8) is 0 Å². The Morgan fingerprint density at radius 3 is 2.72 bits per heavy atom. The van der Waals surface area contributed by atoms with E-state index in [9.17, 15) is 8.78 Å². The minimum atomic E-state index is -0.561. The van der Waals surface area contributed by atoms with Crippen LogP contribution < -0.4 is 5.32 Å². The lowest BCUT2D eigenvalue weighted by atomic mass is 10.1. The van der Waals surface area contributed by atoms with E-state index in [-0.39, 0.29) is 6.04 Å². The molecule has 1 heterocycles. The van der Waals surface area contributed by atoms with Gasteiger partial charge in [-0.2, -0.15) is 0 Å². The van der Waals surface area contributed by atoms with Crippen molar-refractivity contribution >= 4 is 0 Å². The summed E-state index contributed by atoms with van der Waals surface area (Å²) < 4.78 is 26.1. The van der Waals surface area contributed by atoms with Crippen molar-refractivity contribution in [2.45, 2.75) is 19.5 Å². The summed E-state index contributed by atoms with van der Waals surface area (Å²) in [7, 11) is 0. The van der Waals surface area contributed by atoms with Crippen LogP contribution in [0.25, 0.3) is 0 Å². The Bertz CT molecular complexity index is 514. The van der Waals surface area contributed by atoms with E-state index >= 15 is 0 Å². The first-order valence-electron chi connectivity index (χ1n) is 5.75. The van der Waals surface area contributed by atoms with Crippen molar-refractivity contribution in [2.75, 3.05) is 0 Å². The molecule has 2 nitrogen and oxygen atoms in total. The van der Waals surface area contributed by atoms with Crippen LogP contribution in [-0.4, -0.2) is 4.98 Å². The summed E-state index contributed by atoms with van der Waals surface area (Å²) in [4.78, 5) is 4.21. The van der Waals surface area contributed by atoms with Crippen LogP contribution in [0.3, 0.4) is 0 Å². The highest BCUT2D eigenvalue weighted by Crippen LogP contribution is 2.12. The van der Waals surface area contributed by atoms with Crippen LogP contribution in [0.2, 0.25) is 0 Å². The number of halogens is 2. The van der Waals surface area contributed by atoms with Crippen molar-refractivity contribution in [1.29, 1.82) is 0 Å². The average molecular weight is 248 g/mol. The molecule has 4 heteroatoms. The van der Waals surface area contributed by atoms with Gasteiger partial charge in [0, 0.05) is 30.4 Å². The van der Waals surface area contributed by atoms with Crippen LogP contribution in [0, 0.1) is 11.6 Å². The average Bonchev–Trinajstić information content (AvgIpc) is 2.38. The molecule has 18 heavy (non-hydrogen) atoms. The van der Waals surface area contributed by atoms with Crippen molar-refractivity contribution in [3.8, 4) is 0 Å². The minimum Gasteiger partial charge on any atom is -0.305 e. The molecule has 1 atom stereocenters. The molecular weight excluding hydrogens is 234 g/mol. The number of hydrogen-bond donors (Lipinski definition) is 1. The number of pyridine rings is 1. The maximum Gasteiger partial charge on any atom is 0.130 e. The van der Waals surface area contributed by atoms with E-state index in [2.05, 4.69) is 10.3 Å². The highest BCUT2D eigenvalue weighted by atomic mass is 19.1. The van der Waals surface area contributed by atoms with E-state index < -0.39 is 11.6 Å². The monoisotopic (exact) mass is 248 g/mol. The fourth-order valence-electron chi connectivity index (χ4n) is 1.66. The molecule has 0 fully saturated rings. The number of nitrogens with one attached hydrogen (secondary N) is 1. The van der Waals surface area contributed by atoms with Gasteiger partial charge in [0.2, 0.25) is 0 Å². The fraction of sp³-hybridized carbons (Fsp3) is 0.214. The summed E-state index contributed by atoms with van der Waals surface area (Å²) in [6.07, 6.45) is 1.71. The van der Waals surface area contributed by atoms with Crippen LogP contribution in [0.4, 0.5) is 8.78 Å². The number of benzene rings is 1. The van der Waals surface area contributed by atoms with Gasteiger partial charge in [0.05, 0.1) is 5.69 Å². The number of hydrogen-bond acceptors (Lipinski definition) is 2. The Morgan fingerprint density at radius 1 is 1.22 bits per heavy atom. The lowest BCUT2D eigenvalue weighted by Gasteiger charge is -2.13. The molecule has 0 aliphatic carbocycles. The second kappa shape index (κ2) is 5.69. The molecule has 1 aromatic carbocycles. The first-order valence-corrected chi connectivity index (χ1v) is 5.75. The van der Waals surface area contributed by atoms with Crippen LogP contribution in [0.15, 0.2) is 42.6 Å². The molecule has 2 rings (SSSR count). The van der Waals surface area contributed by atoms with Crippen molar-refractivity contribution < 1.29 is 8.78 Å². The van der Waals surface area contributed by atoms with Crippen LogP contribution in [0.5, 0.6) is 0 Å². The highest BCUT2D eigenvalue weighted by molar-refractivity contribution is 5.18. The van der Waals surface area contributed by atoms with Gasteiger partial charge >= 0.3 is 0 Å². The summed E-state index contributed by atoms with van der Waals surface area (Å²) in [5, 5.41) is 3.15.